The monoisotopic (exact) mass is 339 g/mol. The Balaban J connectivity index is 1.32. The van der Waals surface area contributed by atoms with Gasteiger partial charge in [-0.15, -0.1) is 0 Å². The molecule has 2 aliphatic carbocycles. The molecule has 4 rings (SSSR count). The van der Waals surface area contributed by atoms with Crippen molar-refractivity contribution in [1.82, 2.24) is 25.8 Å². The average Bonchev–Trinajstić information content (AvgIpc) is 3.19. The highest BCUT2D eigenvalue weighted by atomic mass is 16.1. The van der Waals surface area contributed by atoms with E-state index in [1.807, 2.05) is 24.3 Å². The van der Waals surface area contributed by atoms with Gasteiger partial charge in [-0.3, -0.25) is 9.89 Å². The first kappa shape index (κ1) is 16.3. The third-order valence-corrected chi connectivity index (χ3v) is 5.48. The Kier molecular flexibility index (Phi) is 4.78. The number of nitrogens with one attached hydrogen (secondary N) is 3. The van der Waals surface area contributed by atoms with Crippen molar-refractivity contribution >= 4 is 5.91 Å². The van der Waals surface area contributed by atoms with Gasteiger partial charge in [0.25, 0.3) is 5.91 Å². The summed E-state index contributed by atoms with van der Waals surface area (Å²) in [6, 6.07) is 8.80. The van der Waals surface area contributed by atoms with Crippen LogP contribution in [0, 0.1) is 0 Å². The van der Waals surface area contributed by atoms with Crippen LogP contribution in [0.25, 0.3) is 11.4 Å². The standard InChI is InChI=1S/C19H25N5O/c25-19(14-8-6-13(7-9-14)18-20-12-21-24-18)23-17-11-10-16(17)22-15-4-2-1-3-5-15/h6-9,12,15-17,22H,1-5,10-11H2,(H,23,25)(H,20,21,24). The van der Waals surface area contributed by atoms with Crippen molar-refractivity contribution in [3.8, 4) is 11.4 Å². The van der Waals surface area contributed by atoms with Crippen LogP contribution >= 0.6 is 0 Å². The third kappa shape index (κ3) is 3.74. The molecule has 2 saturated carbocycles. The molecule has 0 saturated heterocycles. The van der Waals surface area contributed by atoms with E-state index >= 15 is 0 Å². The van der Waals surface area contributed by atoms with Crippen LogP contribution in [0.2, 0.25) is 0 Å². The molecule has 2 aliphatic rings. The maximum absolute atomic E-state index is 12.5. The smallest absolute Gasteiger partial charge is 0.251 e. The predicted octanol–water partition coefficient (Wildman–Crippen LogP) is 2.65. The topological polar surface area (TPSA) is 82.7 Å². The number of carbonyl (C=O) groups excluding carboxylic acids is 1. The maximum Gasteiger partial charge on any atom is 0.251 e. The minimum Gasteiger partial charge on any atom is -0.348 e. The van der Waals surface area contributed by atoms with E-state index in [4.69, 9.17) is 0 Å². The SMILES string of the molecule is O=C(NC1CCC1NC1CCCCC1)c1ccc(-c2ncn[nH]2)cc1. The second kappa shape index (κ2) is 7.35. The Morgan fingerprint density at radius 2 is 1.76 bits per heavy atom. The molecule has 1 heterocycles. The average molecular weight is 339 g/mol. The molecule has 6 heteroatoms. The van der Waals surface area contributed by atoms with Gasteiger partial charge in [-0.2, -0.15) is 5.10 Å². The maximum atomic E-state index is 12.5. The van der Waals surface area contributed by atoms with Crippen LogP contribution in [0.3, 0.4) is 0 Å². The number of hydrogen-bond donors (Lipinski definition) is 3. The number of rotatable bonds is 5. The Morgan fingerprint density at radius 1 is 1.00 bits per heavy atom. The summed E-state index contributed by atoms with van der Waals surface area (Å²) in [5.41, 5.74) is 1.61. The Hall–Kier alpha value is -2.21. The van der Waals surface area contributed by atoms with Crippen molar-refractivity contribution in [2.24, 2.45) is 0 Å². The summed E-state index contributed by atoms with van der Waals surface area (Å²) in [5, 5.41) is 13.6. The lowest BCUT2D eigenvalue weighted by molar-refractivity contribution is 0.0885. The molecule has 2 aromatic rings. The normalized spacial score (nSPS) is 23.8. The van der Waals surface area contributed by atoms with Crippen molar-refractivity contribution in [3.63, 3.8) is 0 Å². The fraction of sp³-hybridized carbons (Fsp3) is 0.526. The van der Waals surface area contributed by atoms with Crippen molar-refractivity contribution in [2.75, 3.05) is 0 Å². The predicted molar refractivity (Wildman–Crippen MR) is 96.1 cm³/mol. The molecular weight excluding hydrogens is 314 g/mol. The van der Waals surface area contributed by atoms with Crippen molar-refractivity contribution in [3.05, 3.63) is 36.2 Å². The van der Waals surface area contributed by atoms with Crippen LogP contribution in [-0.2, 0) is 0 Å². The highest BCUT2D eigenvalue weighted by molar-refractivity contribution is 5.94. The van der Waals surface area contributed by atoms with Crippen LogP contribution < -0.4 is 10.6 Å². The van der Waals surface area contributed by atoms with Crippen LogP contribution in [0.4, 0.5) is 0 Å². The summed E-state index contributed by atoms with van der Waals surface area (Å²) in [6.07, 6.45) is 10.3. The minimum atomic E-state index is 0.00395. The van der Waals surface area contributed by atoms with E-state index in [-0.39, 0.29) is 11.9 Å². The number of aromatic nitrogens is 3. The van der Waals surface area contributed by atoms with Gasteiger partial charge in [0, 0.05) is 29.3 Å². The van der Waals surface area contributed by atoms with E-state index in [1.165, 1.54) is 38.4 Å². The zero-order chi connectivity index (χ0) is 17.1. The van der Waals surface area contributed by atoms with Gasteiger partial charge in [-0.05, 0) is 37.8 Å². The number of hydrogen-bond acceptors (Lipinski definition) is 4. The largest absolute Gasteiger partial charge is 0.348 e. The lowest BCUT2D eigenvalue weighted by Crippen LogP contribution is -2.59. The summed E-state index contributed by atoms with van der Waals surface area (Å²) in [5.74, 6) is 0.715. The molecule has 1 amide bonds. The Labute approximate surface area is 147 Å². The van der Waals surface area contributed by atoms with Crippen molar-refractivity contribution < 1.29 is 4.79 Å². The molecule has 0 bridgehead atoms. The molecule has 6 nitrogen and oxygen atoms in total. The van der Waals surface area contributed by atoms with E-state index in [2.05, 4.69) is 25.8 Å². The molecule has 2 unspecified atom stereocenters. The summed E-state index contributed by atoms with van der Waals surface area (Å²) in [7, 11) is 0. The minimum absolute atomic E-state index is 0.00395. The lowest BCUT2D eigenvalue weighted by Gasteiger charge is -2.41. The fourth-order valence-corrected chi connectivity index (χ4v) is 3.82. The number of H-pyrrole nitrogens is 1. The molecule has 0 aliphatic heterocycles. The highest BCUT2D eigenvalue weighted by Gasteiger charge is 2.33. The quantitative estimate of drug-likeness (QED) is 0.782. The zero-order valence-electron chi connectivity index (χ0n) is 14.4. The van der Waals surface area contributed by atoms with Crippen LogP contribution in [0.15, 0.2) is 30.6 Å². The summed E-state index contributed by atoms with van der Waals surface area (Å²) < 4.78 is 0. The van der Waals surface area contributed by atoms with Crippen LogP contribution in [0.5, 0.6) is 0 Å². The summed E-state index contributed by atoms with van der Waals surface area (Å²) in [6.45, 7) is 0. The molecule has 0 spiro atoms. The first-order valence-corrected chi connectivity index (χ1v) is 9.32. The Bertz CT molecular complexity index is 691. The molecule has 0 radical (unpaired) electrons. The van der Waals surface area contributed by atoms with Crippen molar-refractivity contribution in [1.29, 1.82) is 0 Å². The van der Waals surface area contributed by atoms with Gasteiger partial charge in [0.05, 0.1) is 0 Å². The number of aromatic amines is 1. The molecule has 1 aromatic carbocycles. The molecule has 3 N–H and O–H groups in total. The highest BCUT2D eigenvalue weighted by Crippen LogP contribution is 2.25. The van der Waals surface area contributed by atoms with Gasteiger partial charge < -0.3 is 10.6 Å². The van der Waals surface area contributed by atoms with Crippen LogP contribution in [-0.4, -0.2) is 39.2 Å². The Morgan fingerprint density at radius 3 is 2.40 bits per heavy atom. The lowest BCUT2D eigenvalue weighted by atomic mass is 9.84. The summed E-state index contributed by atoms with van der Waals surface area (Å²) in [4.78, 5) is 16.6. The van der Waals surface area contributed by atoms with Gasteiger partial charge in [0.2, 0.25) is 0 Å². The molecule has 132 valence electrons. The van der Waals surface area contributed by atoms with E-state index in [1.54, 1.807) is 0 Å². The molecule has 2 fully saturated rings. The van der Waals surface area contributed by atoms with Gasteiger partial charge in [-0.25, -0.2) is 4.98 Å². The molecule has 1 aromatic heterocycles. The number of amides is 1. The second-order valence-electron chi connectivity index (χ2n) is 7.18. The first-order valence-electron chi connectivity index (χ1n) is 9.32. The summed E-state index contributed by atoms with van der Waals surface area (Å²) >= 11 is 0. The van der Waals surface area contributed by atoms with E-state index in [0.717, 1.165) is 18.4 Å². The van der Waals surface area contributed by atoms with E-state index in [9.17, 15) is 4.79 Å². The molecule has 25 heavy (non-hydrogen) atoms. The second-order valence-corrected chi connectivity index (χ2v) is 7.18. The fourth-order valence-electron chi connectivity index (χ4n) is 3.82. The van der Waals surface area contributed by atoms with Gasteiger partial charge >= 0.3 is 0 Å². The molecular formula is C19H25N5O. The van der Waals surface area contributed by atoms with Gasteiger partial charge in [0.15, 0.2) is 5.82 Å². The first-order chi connectivity index (χ1) is 12.3. The van der Waals surface area contributed by atoms with Gasteiger partial charge in [-0.1, -0.05) is 31.4 Å². The number of nitrogens with zero attached hydrogens (tertiary/aromatic N) is 2. The number of benzene rings is 1. The van der Waals surface area contributed by atoms with Crippen molar-refractivity contribution in [2.45, 2.75) is 63.1 Å². The van der Waals surface area contributed by atoms with E-state index < -0.39 is 0 Å². The molecule has 2 atom stereocenters. The van der Waals surface area contributed by atoms with Crippen LogP contribution in [0.1, 0.15) is 55.3 Å². The third-order valence-electron chi connectivity index (χ3n) is 5.48. The zero-order valence-corrected chi connectivity index (χ0v) is 14.4. The van der Waals surface area contributed by atoms with Gasteiger partial charge in [0.1, 0.15) is 6.33 Å². The number of carbonyl (C=O) groups is 1. The van der Waals surface area contributed by atoms with E-state index in [0.29, 0.717) is 23.5 Å².